The minimum absolute atomic E-state index is 0.0840. The molecule has 2 heterocycles. The Balaban J connectivity index is 3.04. The van der Waals surface area contributed by atoms with Gasteiger partial charge in [0.05, 0.1) is 9.99 Å². The first-order chi connectivity index (χ1) is 7.00. The van der Waals surface area contributed by atoms with Crippen LogP contribution >= 0.6 is 27.5 Å². The zero-order chi connectivity index (χ0) is 11.2. The number of rotatable bonds is 0. The van der Waals surface area contributed by atoms with Gasteiger partial charge in [0.15, 0.2) is 11.0 Å². The van der Waals surface area contributed by atoms with Crippen LogP contribution in [0.4, 0.5) is 4.39 Å². The Morgan fingerprint density at radius 2 is 2.27 bits per heavy atom. The Bertz CT molecular complexity index is 611. The van der Waals surface area contributed by atoms with Gasteiger partial charge < -0.3 is 4.98 Å². The molecule has 0 bridgehead atoms. The van der Waals surface area contributed by atoms with Gasteiger partial charge in [0.25, 0.3) is 5.56 Å². The molecule has 2 aromatic heterocycles. The van der Waals surface area contributed by atoms with Crippen molar-refractivity contribution in [1.29, 1.82) is 0 Å². The van der Waals surface area contributed by atoms with Crippen molar-refractivity contribution in [3.63, 3.8) is 0 Å². The van der Waals surface area contributed by atoms with E-state index in [4.69, 9.17) is 11.6 Å². The van der Waals surface area contributed by atoms with Gasteiger partial charge in [0, 0.05) is 11.1 Å². The first kappa shape index (κ1) is 10.6. The quantitative estimate of drug-likeness (QED) is 0.759. The van der Waals surface area contributed by atoms with Gasteiger partial charge in [-0.15, -0.1) is 0 Å². The van der Waals surface area contributed by atoms with Gasteiger partial charge >= 0.3 is 0 Å². The maximum atomic E-state index is 13.5. The highest BCUT2D eigenvalue weighted by molar-refractivity contribution is 9.10. The molecule has 1 N–H and O–H groups in total. The Kier molecular flexibility index (Phi) is 2.52. The Labute approximate surface area is 97.4 Å². The second kappa shape index (κ2) is 3.57. The topological polar surface area (TPSA) is 45.8 Å². The van der Waals surface area contributed by atoms with E-state index in [9.17, 15) is 9.18 Å². The maximum absolute atomic E-state index is 13.5. The minimum atomic E-state index is -0.707. The van der Waals surface area contributed by atoms with E-state index in [-0.39, 0.29) is 10.7 Å². The molecule has 0 aliphatic carbocycles. The summed E-state index contributed by atoms with van der Waals surface area (Å²) in [6, 6.07) is 1.52. The van der Waals surface area contributed by atoms with E-state index in [2.05, 4.69) is 25.9 Å². The smallest absolute Gasteiger partial charge is 0.262 e. The largest absolute Gasteiger partial charge is 0.318 e. The lowest BCUT2D eigenvalue weighted by Crippen LogP contribution is -2.08. The third-order valence-electron chi connectivity index (χ3n) is 2.05. The molecule has 0 fully saturated rings. The fourth-order valence-electron chi connectivity index (χ4n) is 1.32. The molecular formula is C9H5BrClFN2O. The van der Waals surface area contributed by atoms with E-state index in [1.54, 1.807) is 6.92 Å². The van der Waals surface area contributed by atoms with Crippen LogP contribution in [0.3, 0.4) is 0 Å². The van der Waals surface area contributed by atoms with Crippen LogP contribution < -0.4 is 5.56 Å². The van der Waals surface area contributed by atoms with E-state index >= 15 is 0 Å². The summed E-state index contributed by atoms with van der Waals surface area (Å²) in [6.07, 6.45) is 0. The standard InChI is InChI=1S/C9H5BrClFN2O/c1-3-4-2-5(10)9(15)14-7(4)6(12)8(11)13-3/h2H,1H3,(H,14,15). The Morgan fingerprint density at radius 3 is 2.93 bits per heavy atom. The summed E-state index contributed by atoms with van der Waals surface area (Å²) >= 11 is 8.63. The van der Waals surface area contributed by atoms with Crippen molar-refractivity contribution in [3.05, 3.63) is 37.6 Å². The number of hydrogen-bond donors (Lipinski definition) is 1. The molecular weight excluding hydrogens is 286 g/mol. The molecule has 0 spiro atoms. The summed E-state index contributed by atoms with van der Waals surface area (Å²) in [6.45, 7) is 1.69. The first-order valence-corrected chi connectivity index (χ1v) is 5.22. The number of fused-ring (bicyclic) bond motifs is 1. The van der Waals surface area contributed by atoms with Crippen LogP contribution in [-0.2, 0) is 0 Å². The van der Waals surface area contributed by atoms with Crippen LogP contribution in [-0.4, -0.2) is 9.97 Å². The summed E-state index contributed by atoms with van der Waals surface area (Å²) in [4.78, 5) is 17.5. The van der Waals surface area contributed by atoms with E-state index in [0.717, 1.165) is 0 Å². The third kappa shape index (κ3) is 1.66. The fraction of sp³-hybridized carbons (Fsp3) is 0.111. The van der Waals surface area contributed by atoms with Crippen LogP contribution in [0.15, 0.2) is 15.3 Å². The minimum Gasteiger partial charge on any atom is -0.318 e. The monoisotopic (exact) mass is 290 g/mol. The zero-order valence-electron chi connectivity index (χ0n) is 7.57. The molecule has 0 amide bonds. The molecule has 3 nitrogen and oxygen atoms in total. The highest BCUT2D eigenvalue weighted by Crippen LogP contribution is 2.24. The lowest BCUT2D eigenvalue weighted by molar-refractivity contribution is 0.630. The lowest BCUT2D eigenvalue weighted by atomic mass is 10.2. The molecule has 0 saturated carbocycles. The van der Waals surface area contributed by atoms with Gasteiger partial charge in [-0.2, -0.15) is 0 Å². The van der Waals surface area contributed by atoms with E-state index in [1.165, 1.54) is 6.07 Å². The third-order valence-corrected chi connectivity index (χ3v) is 2.89. The van der Waals surface area contributed by atoms with Gasteiger partial charge in [-0.1, -0.05) is 11.6 Å². The van der Waals surface area contributed by atoms with Crippen LogP contribution in [0, 0.1) is 12.7 Å². The number of nitrogens with zero attached hydrogens (tertiary/aromatic N) is 1. The van der Waals surface area contributed by atoms with Crippen LogP contribution in [0.25, 0.3) is 10.9 Å². The first-order valence-electron chi connectivity index (χ1n) is 4.05. The summed E-state index contributed by atoms with van der Waals surface area (Å²) in [5, 5.41) is 0.293. The number of hydrogen-bond acceptors (Lipinski definition) is 2. The van der Waals surface area contributed by atoms with Crippen molar-refractivity contribution in [1.82, 2.24) is 9.97 Å². The number of nitrogens with one attached hydrogen (secondary N) is 1. The van der Waals surface area contributed by atoms with Gasteiger partial charge in [-0.3, -0.25) is 4.79 Å². The van der Waals surface area contributed by atoms with Crippen LogP contribution in [0.1, 0.15) is 5.69 Å². The average Bonchev–Trinajstić information content (AvgIpc) is 2.18. The normalized spacial score (nSPS) is 10.9. The molecule has 15 heavy (non-hydrogen) atoms. The highest BCUT2D eigenvalue weighted by Gasteiger charge is 2.12. The van der Waals surface area contributed by atoms with Crippen molar-refractivity contribution in [3.8, 4) is 0 Å². The van der Waals surface area contributed by atoms with E-state index in [0.29, 0.717) is 15.6 Å². The molecule has 6 heteroatoms. The number of aryl methyl sites for hydroxylation is 1. The van der Waals surface area contributed by atoms with Crippen LogP contribution in [0.2, 0.25) is 5.15 Å². The molecule has 0 aliphatic heterocycles. The molecule has 2 rings (SSSR count). The Hall–Kier alpha value is -0.940. The average molecular weight is 292 g/mol. The molecule has 0 aliphatic rings. The van der Waals surface area contributed by atoms with Gasteiger partial charge in [-0.25, -0.2) is 9.37 Å². The molecule has 0 atom stereocenters. The summed E-state index contributed by atoms with van der Waals surface area (Å²) in [5.41, 5.74) is 0.247. The van der Waals surface area contributed by atoms with Crippen molar-refractivity contribution >= 4 is 38.4 Å². The number of H-pyrrole nitrogens is 1. The number of halogens is 3. The van der Waals surface area contributed by atoms with Crippen molar-refractivity contribution in [2.45, 2.75) is 6.92 Å². The molecule has 0 aromatic carbocycles. The number of aromatic amines is 1. The van der Waals surface area contributed by atoms with Gasteiger partial charge in [0.2, 0.25) is 0 Å². The highest BCUT2D eigenvalue weighted by atomic mass is 79.9. The van der Waals surface area contributed by atoms with Crippen LogP contribution in [0.5, 0.6) is 0 Å². The van der Waals surface area contributed by atoms with E-state index in [1.807, 2.05) is 0 Å². The van der Waals surface area contributed by atoms with Crippen molar-refractivity contribution in [2.75, 3.05) is 0 Å². The van der Waals surface area contributed by atoms with Gasteiger partial charge in [-0.05, 0) is 28.9 Å². The predicted molar refractivity (Wildman–Crippen MR) is 59.8 cm³/mol. The maximum Gasteiger partial charge on any atom is 0.262 e. The summed E-state index contributed by atoms with van der Waals surface area (Å²) in [7, 11) is 0. The SMILES string of the molecule is Cc1nc(Cl)c(F)c2[nH]c(=O)c(Br)cc12. The predicted octanol–water partition coefficient (Wildman–Crippen LogP) is 2.79. The summed E-state index contributed by atoms with van der Waals surface area (Å²) < 4.78 is 13.8. The Morgan fingerprint density at radius 1 is 1.60 bits per heavy atom. The number of aromatic nitrogens is 2. The zero-order valence-corrected chi connectivity index (χ0v) is 9.91. The second-order valence-corrected chi connectivity index (χ2v) is 4.25. The molecule has 78 valence electrons. The fourth-order valence-corrected chi connectivity index (χ4v) is 1.87. The summed E-state index contributed by atoms with van der Waals surface area (Å²) in [5.74, 6) is -0.707. The second-order valence-electron chi connectivity index (χ2n) is 3.04. The molecule has 2 aromatic rings. The van der Waals surface area contributed by atoms with Crippen molar-refractivity contribution < 1.29 is 4.39 Å². The van der Waals surface area contributed by atoms with Gasteiger partial charge in [0.1, 0.15) is 0 Å². The van der Waals surface area contributed by atoms with E-state index < -0.39 is 11.4 Å². The molecule has 0 saturated heterocycles. The lowest BCUT2D eigenvalue weighted by Gasteiger charge is -2.04. The van der Waals surface area contributed by atoms with Crippen molar-refractivity contribution in [2.24, 2.45) is 0 Å². The molecule has 0 radical (unpaired) electrons. The molecule has 0 unspecified atom stereocenters. The number of pyridine rings is 2.